The van der Waals surface area contributed by atoms with Crippen molar-refractivity contribution in [3.8, 4) is 22.6 Å². The molecule has 0 aliphatic rings. The number of hydrogen-bond acceptors (Lipinski definition) is 6. The molecule has 0 N–H and O–H groups in total. The maximum atomic E-state index is 11.8. The molecule has 0 aliphatic heterocycles. The van der Waals surface area contributed by atoms with Crippen LogP contribution >= 0.6 is 0 Å². The Hall–Kier alpha value is -5.10. The third-order valence-electron chi connectivity index (χ3n) is 5.32. The van der Waals surface area contributed by atoms with Gasteiger partial charge in [0.2, 0.25) is 13.6 Å². The predicted molar refractivity (Wildman–Crippen MR) is 146 cm³/mol. The largest absolute Gasteiger partial charge is 0.457 e. The molecular formula is C32H26O6. The van der Waals surface area contributed by atoms with E-state index < -0.39 is 11.9 Å². The van der Waals surface area contributed by atoms with Crippen LogP contribution < -0.4 is 9.47 Å². The molecule has 0 bridgehead atoms. The molecule has 0 aromatic heterocycles. The molecule has 4 aromatic rings. The zero-order valence-corrected chi connectivity index (χ0v) is 20.6. The van der Waals surface area contributed by atoms with Crippen LogP contribution in [0.5, 0.6) is 11.5 Å². The molecule has 6 heteroatoms. The van der Waals surface area contributed by atoms with Crippen LogP contribution in [0.25, 0.3) is 23.3 Å². The number of ether oxygens (including phenoxy) is 4. The summed E-state index contributed by atoms with van der Waals surface area (Å²) >= 11 is 0. The van der Waals surface area contributed by atoms with Crippen LogP contribution in [0, 0.1) is 0 Å². The van der Waals surface area contributed by atoms with Crippen LogP contribution in [0.3, 0.4) is 0 Å². The first-order chi connectivity index (χ1) is 18.7. The minimum Gasteiger partial charge on any atom is -0.457 e. The lowest BCUT2D eigenvalue weighted by Crippen LogP contribution is -2.08. The Morgan fingerprint density at radius 2 is 0.868 bits per heavy atom. The molecule has 0 saturated carbocycles. The summed E-state index contributed by atoms with van der Waals surface area (Å²) in [6, 6.07) is 33.8. The number of rotatable bonds is 11. The third kappa shape index (κ3) is 8.53. The maximum Gasteiger partial charge on any atom is 0.333 e. The second-order valence-electron chi connectivity index (χ2n) is 7.99. The Morgan fingerprint density at radius 1 is 0.500 bits per heavy atom. The van der Waals surface area contributed by atoms with Crippen molar-refractivity contribution in [2.75, 3.05) is 13.6 Å². The maximum absolute atomic E-state index is 11.8. The fourth-order valence-corrected chi connectivity index (χ4v) is 3.35. The monoisotopic (exact) mass is 506 g/mol. The van der Waals surface area contributed by atoms with Gasteiger partial charge in [0.25, 0.3) is 0 Å². The van der Waals surface area contributed by atoms with Crippen molar-refractivity contribution in [1.82, 2.24) is 0 Å². The highest BCUT2D eigenvalue weighted by atomic mass is 16.7. The first-order valence-corrected chi connectivity index (χ1v) is 11.9. The van der Waals surface area contributed by atoms with Crippen molar-refractivity contribution >= 4 is 24.1 Å². The summed E-state index contributed by atoms with van der Waals surface area (Å²) in [6.45, 7) is -0.369. The summed E-state index contributed by atoms with van der Waals surface area (Å²) in [5, 5.41) is 0. The third-order valence-corrected chi connectivity index (χ3v) is 5.32. The van der Waals surface area contributed by atoms with Gasteiger partial charge in [-0.3, -0.25) is 0 Å². The van der Waals surface area contributed by atoms with Gasteiger partial charge >= 0.3 is 11.9 Å². The normalized spacial score (nSPS) is 10.8. The number of carbonyl (C=O) groups is 2. The highest BCUT2D eigenvalue weighted by Crippen LogP contribution is 2.24. The van der Waals surface area contributed by atoms with Crippen molar-refractivity contribution in [3.05, 3.63) is 132 Å². The quantitative estimate of drug-likeness (QED) is 0.131. The Morgan fingerprint density at radius 3 is 1.24 bits per heavy atom. The molecular weight excluding hydrogens is 480 g/mol. The fraction of sp³-hybridized carbons (Fsp3) is 0.0625. The van der Waals surface area contributed by atoms with E-state index in [1.54, 1.807) is 36.4 Å². The summed E-state index contributed by atoms with van der Waals surface area (Å²) in [7, 11) is 0. The molecule has 0 fully saturated rings. The summed E-state index contributed by atoms with van der Waals surface area (Å²) in [4.78, 5) is 23.7. The molecule has 38 heavy (non-hydrogen) atoms. The number of benzene rings is 4. The summed E-state index contributed by atoms with van der Waals surface area (Å²) in [5.74, 6) is 0.200. The summed E-state index contributed by atoms with van der Waals surface area (Å²) < 4.78 is 21.2. The standard InChI is InChI=1S/C32H26O6/c33-31(21-11-25-7-3-1-4-8-25)37-23-35-29-17-13-27(14-18-29)28-15-19-30(20-16-28)36-24-38-32(34)22-12-26-9-5-2-6-10-26/h1-22H,23-24H2/b21-11+,22-12+. The van der Waals surface area contributed by atoms with Gasteiger partial charge < -0.3 is 18.9 Å². The molecule has 6 nitrogen and oxygen atoms in total. The van der Waals surface area contributed by atoms with Gasteiger partial charge in [-0.1, -0.05) is 84.9 Å². The molecule has 190 valence electrons. The van der Waals surface area contributed by atoms with E-state index in [-0.39, 0.29) is 13.6 Å². The first kappa shape index (κ1) is 26.0. The Kier molecular flexibility index (Phi) is 9.47. The molecule has 0 saturated heterocycles. The first-order valence-electron chi connectivity index (χ1n) is 11.9. The van der Waals surface area contributed by atoms with Crippen LogP contribution in [0.4, 0.5) is 0 Å². The van der Waals surface area contributed by atoms with Crippen molar-refractivity contribution in [2.45, 2.75) is 0 Å². The van der Waals surface area contributed by atoms with Crippen LogP contribution in [0.2, 0.25) is 0 Å². The van der Waals surface area contributed by atoms with Crippen LogP contribution in [0.1, 0.15) is 11.1 Å². The second kappa shape index (κ2) is 13.8. The molecule has 0 unspecified atom stereocenters. The predicted octanol–water partition coefficient (Wildman–Crippen LogP) is 6.54. The van der Waals surface area contributed by atoms with Crippen molar-refractivity contribution in [2.24, 2.45) is 0 Å². The SMILES string of the molecule is O=C(/C=C/c1ccccc1)OCOc1ccc(-c2ccc(OCOC(=O)/C=C/c3ccccc3)cc2)cc1. The second-order valence-corrected chi connectivity index (χ2v) is 7.99. The van der Waals surface area contributed by atoms with Gasteiger partial charge in [0, 0.05) is 12.2 Å². The Labute approximate surface area is 221 Å². The van der Waals surface area contributed by atoms with Crippen molar-refractivity contribution < 1.29 is 28.5 Å². The molecule has 0 spiro atoms. The fourth-order valence-electron chi connectivity index (χ4n) is 3.35. The van der Waals surface area contributed by atoms with E-state index in [2.05, 4.69) is 0 Å². The molecule has 0 aliphatic carbocycles. The van der Waals surface area contributed by atoms with E-state index in [9.17, 15) is 9.59 Å². The smallest absolute Gasteiger partial charge is 0.333 e. The highest BCUT2D eigenvalue weighted by molar-refractivity contribution is 5.87. The van der Waals surface area contributed by atoms with Crippen LogP contribution in [-0.2, 0) is 19.1 Å². The van der Waals surface area contributed by atoms with E-state index in [4.69, 9.17) is 18.9 Å². The summed E-state index contributed by atoms with van der Waals surface area (Å²) in [5.41, 5.74) is 3.78. The molecule has 0 radical (unpaired) electrons. The number of esters is 2. The van der Waals surface area contributed by atoms with E-state index in [1.807, 2.05) is 84.9 Å². The van der Waals surface area contributed by atoms with Gasteiger partial charge in [0.15, 0.2) is 0 Å². The molecule has 4 aromatic carbocycles. The molecule has 0 heterocycles. The van der Waals surface area contributed by atoms with Gasteiger partial charge in [0.05, 0.1) is 0 Å². The average Bonchev–Trinajstić information content (AvgIpc) is 2.97. The Bertz CT molecular complexity index is 1250. The molecule has 0 amide bonds. The highest BCUT2D eigenvalue weighted by Gasteiger charge is 2.03. The van der Waals surface area contributed by atoms with Gasteiger partial charge in [-0.05, 0) is 58.7 Å². The number of carbonyl (C=O) groups excluding carboxylic acids is 2. The van der Waals surface area contributed by atoms with Crippen LogP contribution in [-0.4, -0.2) is 25.5 Å². The molecule has 0 atom stereocenters. The van der Waals surface area contributed by atoms with Gasteiger partial charge in [-0.2, -0.15) is 0 Å². The summed E-state index contributed by atoms with van der Waals surface area (Å²) in [6.07, 6.45) is 6.10. The minimum atomic E-state index is -0.480. The lowest BCUT2D eigenvalue weighted by atomic mass is 10.1. The van der Waals surface area contributed by atoms with E-state index >= 15 is 0 Å². The van der Waals surface area contributed by atoms with E-state index in [0.29, 0.717) is 11.5 Å². The van der Waals surface area contributed by atoms with E-state index in [0.717, 1.165) is 22.3 Å². The minimum absolute atomic E-state index is 0.185. The van der Waals surface area contributed by atoms with Crippen LogP contribution in [0.15, 0.2) is 121 Å². The topological polar surface area (TPSA) is 71.1 Å². The van der Waals surface area contributed by atoms with E-state index in [1.165, 1.54) is 12.2 Å². The van der Waals surface area contributed by atoms with Gasteiger partial charge in [0.1, 0.15) is 11.5 Å². The van der Waals surface area contributed by atoms with Crippen molar-refractivity contribution in [1.29, 1.82) is 0 Å². The average molecular weight is 507 g/mol. The number of hydrogen-bond donors (Lipinski definition) is 0. The Balaban J connectivity index is 1.18. The van der Waals surface area contributed by atoms with Gasteiger partial charge in [-0.15, -0.1) is 0 Å². The molecule has 4 rings (SSSR count). The zero-order valence-electron chi connectivity index (χ0n) is 20.6. The zero-order chi connectivity index (χ0) is 26.4. The lowest BCUT2D eigenvalue weighted by molar-refractivity contribution is -0.145. The van der Waals surface area contributed by atoms with Crippen molar-refractivity contribution in [3.63, 3.8) is 0 Å². The van der Waals surface area contributed by atoms with Gasteiger partial charge in [-0.25, -0.2) is 9.59 Å². The lowest BCUT2D eigenvalue weighted by Gasteiger charge is -2.09.